The summed E-state index contributed by atoms with van der Waals surface area (Å²) in [6.07, 6.45) is 0. The second-order valence-corrected chi connectivity index (χ2v) is 6.50. The third-order valence-corrected chi connectivity index (χ3v) is 3.48. The van der Waals surface area contributed by atoms with Gasteiger partial charge >= 0.3 is 47.1 Å². The number of aliphatic carboxylic acids is 4. The van der Waals surface area contributed by atoms with Gasteiger partial charge in [-0.2, -0.15) is 0 Å². The van der Waals surface area contributed by atoms with E-state index in [2.05, 4.69) is 0 Å². The Balaban J connectivity index is 0. The average molecular weight is 562 g/mol. The summed E-state index contributed by atoms with van der Waals surface area (Å²) in [6.45, 7) is -3.88. The molecule has 1 rings (SSSR count). The van der Waals surface area contributed by atoms with Crippen molar-refractivity contribution in [3.63, 3.8) is 0 Å². The van der Waals surface area contributed by atoms with Gasteiger partial charge < -0.3 is 49.8 Å². The summed E-state index contributed by atoms with van der Waals surface area (Å²) >= 11 is -3.62. The van der Waals surface area contributed by atoms with Crippen LogP contribution >= 0.6 is 0 Å². The summed E-state index contributed by atoms with van der Waals surface area (Å²) in [5.41, 5.74) is -0.0646. The zero-order valence-electron chi connectivity index (χ0n) is 17.0. The minimum atomic E-state index is -1.81. The van der Waals surface area contributed by atoms with Crippen molar-refractivity contribution in [1.29, 1.82) is 0 Å². The van der Waals surface area contributed by atoms with Crippen LogP contribution in [0.25, 0.3) is 0 Å². The number of phenols is 2. The Labute approximate surface area is 204 Å². The van der Waals surface area contributed by atoms with Gasteiger partial charge in [0, 0.05) is 50.4 Å². The van der Waals surface area contributed by atoms with Crippen molar-refractivity contribution in [2.45, 2.75) is 13.1 Å². The number of aromatic hydroxyl groups is 2. The first-order chi connectivity index (χ1) is 15.8. The number of hydrogen-bond donors (Lipinski definition) is 2. The molecule has 18 heteroatoms. The van der Waals surface area contributed by atoms with Crippen molar-refractivity contribution < 1.29 is 96.9 Å². The monoisotopic (exact) mass is 562 g/mol. The topological polar surface area (TPSA) is 276 Å². The second kappa shape index (κ2) is 18.4. The van der Waals surface area contributed by atoms with Crippen LogP contribution in [-0.4, -0.2) is 70.1 Å². The Morgan fingerprint density at radius 1 is 0.618 bits per heavy atom. The fourth-order valence-corrected chi connectivity index (χ4v) is 2.46. The molecule has 1 aromatic rings. The normalized spacial score (nSPS) is 9.47. The van der Waals surface area contributed by atoms with E-state index in [1.807, 2.05) is 0 Å². The van der Waals surface area contributed by atoms with E-state index in [4.69, 9.17) is 14.7 Å². The summed E-state index contributed by atoms with van der Waals surface area (Å²) in [5.74, 6) is -7.19. The van der Waals surface area contributed by atoms with E-state index in [0.29, 0.717) is 0 Å². The molecule has 0 aliphatic rings. The maximum absolute atomic E-state index is 10.7. The first-order valence-electron chi connectivity index (χ1n) is 8.48. The zero-order chi connectivity index (χ0) is 26.8. The van der Waals surface area contributed by atoms with Crippen molar-refractivity contribution >= 4 is 23.9 Å². The molecule has 188 valence electrons. The molecule has 0 amide bonds. The summed E-state index contributed by atoms with van der Waals surface area (Å²) in [6, 6.07) is 2.02. The molecular weight excluding hydrogens is 546 g/mol. The van der Waals surface area contributed by atoms with Crippen LogP contribution in [0.2, 0.25) is 0 Å². The molecule has 0 fully saturated rings. The van der Waals surface area contributed by atoms with Crippen LogP contribution in [-0.2, 0) is 79.3 Å². The first-order valence-corrected chi connectivity index (χ1v) is 10.8. The number of carbonyl (C=O) groups is 4. The SMILES string of the molecule is O=C([O-])CN(CC(=O)[O-])Cc1cc(O)c(CN(CC(=O)[O-])CC(=O)[O-])cc1O.[O]=[V]=[O].[O]=[V]=[O]. The van der Waals surface area contributed by atoms with E-state index in [-0.39, 0.29) is 24.2 Å². The predicted molar refractivity (Wildman–Crippen MR) is 83.1 cm³/mol. The number of carboxylic acids is 4. The summed E-state index contributed by atoms with van der Waals surface area (Å²) < 4.78 is 33.9. The summed E-state index contributed by atoms with van der Waals surface area (Å²) in [4.78, 5) is 44.5. The Hall–Kier alpha value is -3.01. The molecular formula is C16H16N2O14V2-4. The van der Waals surface area contributed by atoms with Crippen molar-refractivity contribution in [1.82, 2.24) is 9.80 Å². The van der Waals surface area contributed by atoms with E-state index in [9.17, 15) is 49.8 Å². The average Bonchev–Trinajstić information content (AvgIpc) is 2.64. The van der Waals surface area contributed by atoms with Crippen molar-refractivity contribution in [3.8, 4) is 11.5 Å². The number of benzene rings is 1. The van der Waals surface area contributed by atoms with Gasteiger partial charge in [0.25, 0.3) is 0 Å². The fourth-order valence-electron chi connectivity index (χ4n) is 2.46. The van der Waals surface area contributed by atoms with Crippen LogP contribution in [0.5, 0.6) is 11.5 Å². The van der Waals surface area contributed by atoms with Crippen molar-refractivity contribution in [2.24, 2.45) is 0 Å². The molecule has 1 aromatic carbocycles. The van der Waals surface area contributed by atoms with Gasteiger partial charge in [-0.15, -0.1) is 0 Å². The van der Waals surface area contributed by atoms with Crippen molar-refractivity contribution in [3.05, 3.63) is 23.3 Å². The Bertz CT molecular complexity index is 834. The Morgan fingerprint density at radius 3 is 1.00 bits per heavy atom. The zero-order valence-corrected chi connectivity index (χ0v) is 19.8. The number of carboxylic acid groups (broad SMARTS) is 4. The third-order valence-electron chi connectivity index (χ3n) is 3.48. The molecule has 0 aliphatic heterocycles. The standard InChI is InChI=1S/C16H20N2O10.4O.2V/c19-11-1-9(3-17(5-13(21)22)6-14(23)24)12(20)2-10(11)4-18(7-15(25)26)8-16(27)28;;;;;;/h1-2,19-20H,3-8H2,(H,21,22)(H,23,24)(H,25,26)(H,27,28);;;;;;/p-4. The van der Waals surface area contributed by atoms with Gasteiger partial charge in [-0.25, -0.2) is 0 Å². The first kappa shape index (κ1) is 33.2. The van der Waals surface area contributed by atoms with Crippen LogP contribution < -0.4 is 20.4 Å². The molecule has 0 heterocycles. The second-order valence-electron chi connectivity index (χ2n) is 6.04. The van der Waals surface area contributed by atoms with Gasteiger partial charge in [-0.3, -0.25) is 9.80 Å². The van der Waals surface area contributed by atoms with Crippen LogP contribution in [0.3, 0.4) is 0 Å². The third kappa shape index (κ3) is 16.6. The molecule has 2 N–H and O–H groups in total. The molecule has 0 saturated carbocycles. The van der Waals surface area contributed by atoms with E-state index >= 15 is 0 Å². The van der Waals surface area contributed by atoms with Gasteiger partial charge in [0.1, 0.15) is 11.5 Å². The molecule has 0 unspecified atom stereocenters. The number of rotatable bonds is 12. The number of phenolic OH excluding ortho intramolecular Hbond substituents is 2. The molecule has 0 saturated heterocycles. The molecule has 34 heavy (non-hydrogen) atoms. The van der Waals surface area contributed by atoms with E-state index in [1.54, 1.807) is 0 Å². The Morgan fingerprint density at radius 2 is 0.824 bits per heavy atom. The van der Waals surface area contributed by atoms with Crippen LogP contribution in [0.15, 0.2) is 12.1 Å². The Kier molecular flexibility index (Phi) is 18.0. The summed E-state index contributed by atoms with van der Waals surface area (Å²) in [5, 5.41) is 62.9. The van der Waals surface area contributed by atoms with Crippen LogP contribution in [0, 0.1) is 0 Å². The van der Waals surface area contributed by atoms with Crippen molar-refractivity contribution in [2.75, 3.05) is 26.2 Å². The molecule has 0 bridgehead atoms. The number of nitrogens with zero attached hydrogens (tertiary/aromatic N) is 2. The fraction of sp³-hybridized carbons (Fsp3) is 0.375. The van der Waals surface area contributed by atoms with Crippen LogP contribution in [0.4, 0.5) is 0 Å². The van der Waals surface area contributed by atoms with Gasteiger partial charge in [0.2, 0.25) is 0 Å². The van der Waals surface area contributed by atoms with E-state index in [0.717, 1.165) is 21.9 Å². The quantitative estimate of drug-likeness (QED) is 0.224. The van der Waals surface area contributed by atoms with Gasteiger partial charge in [-0.1, -0.05) is 0 Å². The molecule has 0 atom stereocenters. The molecule has 16 nitrogen and oxygen atoms in total. The molecule has 0 aliphatic carbocycles. The number of carbonyl (C=O) groups excluding carboxylic acids is 4. The van der Waals surface area contributed by atoms with Crippen LogP contribution in [0.1, 0.15) is 11.1 Å². The minimum absolute atomic E-state index is 0.0323. The van der Waals surface area contributed by atoms with E-state index in [1.165, 1.54) is 0 Å². The maximum atomic E-state index is 10.7. The predicted octanol–water partition coefficient (Wildman–Crippen LogP) is -6.78. The molecule has 0 spiro atoms. The number of hydrogen-bond acceptors (Lipinski definition) is 16. The molecule has 0 aromatic heterocycles. The summed E-state index contributed by atoms with van der Waals surface area (Å²) in [7, 11) is 0. The van der Waals surface area contributed by atoms with E-state index < -0.39 is 93.9 Å². The van der Waals surface area contributed by atoms with Gasteiger partial charge in [0.05, 0.1) is 23.9 Å². The van der Waals surface area contributed by atoms with Gasteiger partial charge in [-0.05, 0) is 12.1 Å². The molecule has 0 radical (unpaired) electrons. The van der Waals surface area contributed by atoms with Gasteiger partial charge in [0.15, 0.2) is 0 Å².